The number of ether oxygens (including phenoxy) is 1. The van der Waals surface area contributed by atoms with Gasteiger partial charge in [-0.15, -0.1) is 0 Å². The molecule has 0 saturated carbocycles. The van der Waals surface area contributed by atoms with Gasteiger partial charge in [0.2, 0.25) is 0 Å². The molecule has 2 N–H and O–H groups in total. The van der Waals surface area contributed by atoms with Crippen molar-refractivity contribution in [1.29, 1.82) is 0 Å². The summed E-state index contributed by atoms with van der Waals surface area (Å²) < 4.78 is 5.39. The topological polar surface area (TPSA) is 48.9 Å². The Kier molecular flexibility index (Phi) is 6.58. The molecule has 0 bridgehead atoms. The SMILES string of the molecule is CCNC(=NCC(C)(C)OC)NCC1CCN(C)C1. The van der Waals surface area contributed by atoms with Crippen LogP contribution >= 0.6 is 0 Å². The zero-order valence-corrected chi connectivity index (χ0v) is 13.1. The van der Waals surface area contributed by atoms with Crippen molar-refractivity contribution in [3.63, 3.8) is 0 Å². The molecular weight excluding hydrogens is 240 g/mol. The van der Waals surface area contributed by atoms with E-state index >= 15 is 0 Å². The first-order valence-corrected chi connectivity index (χ1v) is 7.22. The molecule has 0 aromatic carbocycles. The normalized spacial score (nSPS) is 21.7. The fraction of sp³-hybridized carbons (Fsp3) is 0.929. The third-order valence-electron chi connectivity index (χ3n) is 3.56. The molecule has 0 radical (unpaired) electrons. The van der Waals surface area contributed by atoms with E-state index in [2.05, 4.69) is 34.5 Å². The van der Waals surface area contributed by atoms with Gasteiger partial charge in [-0.25, -0.2) is 0 Å². The van der Waals surface area contributed by atoms with E-state index in [1.807, 2.05) is 13.8 Å². The Bertz CT molecular complexity index is 291. The van der Waals surface area contributed by atoms with Crippen LogP contribution < -0.4 is 10.6 Å². The molecule has 112 valence electrons. The molecule has 5 heteroatoms. The Labute approximate surface area is 117 Å². The van der Waals surface area contributed by atoms with Crippen LogP contribution in [-0.2, 0) is 4.74 Å². The summed E-state index contributed by atoms with van der Waals surface area (Å²) in [5.41, 5.74) is -0.212. The van der Waals surface area contributed by atoms with Crippen LogP contribution in [0.3, 0.4) is 0 Å². The third kappa shape index (κ3) is 6.25. The van der Waals surface area contributed by atoms with Crippen molar-refractivity contribution >= 4 is 5.96 Å². The Balaban J connectivity index is 2.41. The highest BCUT2D eigenvalue weighted by molar-refractivity contribution is 5.79. The van der Waals surface area contributed by atoms with Crippen LogP contribution in [0.25, 0.3) is 0 Å². The number of nitrogens with one attached hydrogen (secondary N) is 2. The van der Waals surface area contributed by atoms with Gasteiger partial charge >= 0.3 is 0 Å². The fourth-order valence-electron chi connectivity index (χ4n) is 2.11. The first-order chi connectivity index (χ1) is 8.96. The number of guanidine groups is 1. The molecule has 1 unspecified atom stereocenters. The molecule has 1 saturated heterocycles. The van der Waals surface area contributed by atoms with Crippen molar-refractivity contribution < 1.29 is 4.74 Å². The molecule has 1 heterocycles. The first-order valence-electron chi connectivity index (χ1n) is 7.22. The molecule has 5 nitrogen and oxygen atoms in total. The zero-order chi connectivity index (χ0) is 14.3. The predicted molar refractivity (Wildman–Crippen MR) is 80.7 cm³/mol. The summed E-state index contributed by atoms with van der Waals surface area (Å²) in [5.74, 6) is 1.62. The van der Waals surface area contributed by atoms with Crippen LogP contribution in [0, 0.1) is 5.92 Å². The number of rotatable bonds is 6. The molecule has 0 aromatic rings. The maximum atomic E-state index is 5.39. The van der Waals surface area contributed by atoms with Crippen LogP contribution in [-0.4, -0.2) is 63.3 Å². The van der Waals surface area contributed by atoms with Crippen molar-refractivity contribution in [1.82, 2.24) is 15.5 Å². The number of methoxy groups -OCH3 is 1. The summed E-state index contributed by atoms with van der Waals surface area (Å²) in [4.78, 5) is 6.97. The minimum absolute atomic E-state index is 0.212. The van der Waals surface area contributed by atoms with E-state index in [4.69, 9.17) is 4.74 Å². The van der Waals surface area contributed by atoms with Gasteiger partial charge < -0.3 is 20.3 Å². The molecule has 1 rings (SSSR count). The Hall–Kier alpha value is -0.810. The number of hydrogen-bond acceptors (Lipinski definition) is 3. The predicted octanol–water partition coefficient (Wildman–Crippen LogP) is 0.918. The van der Waals surface area contributed by atoms with Crippen LogP contribution in [0.2, 0.25) is 0 Å². The molecule has 1 aliphatic heterocycles. The van der Waals surface area contributed by atoms with E-state index in [9.17, 15) is 0 Å². The lowest BCUT2D eigenvalue weighted by atomic mass is 10.1. The van der Waals surface area contributed by atoms with Gasteiger partial charge in [0, 0.05) is 26.7 Å². The van der Waals surface area contributed by atoms with Gasteiger partial charge in [-0.1, -0.05) is 0 Å². The minimum atomic E-state index is -0.212. The second-order valence-corrected chi connectivity index (χ2v) is 5.96. The van der Waals surface area contributed by atoms with E-state index in [1.54, 1.807) is 7.11 Å². The Morgan fingerprint density at radius 3 is 2.68 bits per heavy atom. The van der Waals surface area contributed by atoms with Crippen molar-refractivity contribution in [2.45, 2.75) is 32.8 Å². The van der Waals surface area contributed by atoms with Gasteiger partial charge in [0.15, 0.2) is 5.96 Å². The summed E-state index contributed by atoms with van der Waals surface area (Å²) in [6.07, 6.45) is 1.27. The average molecular weight is 270 g/mol. The third-order valence-corrected chi connectivity index (χ3v) is 3.56. The minimum Gasteiger partial charge on any atom is -0.377 e. The van der Waals surface area contributed by atoms with Gasteiger partial charge in [-0.3, -0.25) is 4.99 Å². The van der Waals surface area contributed by atoms with Gasteiger partial charge in [0.25, 0.3) is 0 Å². The molecule has 0 aromatic heterocycles. The molecule has 0 amide bonds. The van der Waals surface area contributed by atoms with Crippen LogP contribution in [0.15, 0.2) is 4.99 Å². The molecule has 0 aliphatic carbocycles. The lowest BCUT2D eigenvalue weighted by molar-refractivity contribution is 0.0310. The summed E-state index contributed by atoms with van der Waals surface area (Å²) in [7, 11) is 3.91. The molecule has 1 aliphatic rings. The summed E-state index contributed by atoms with van der Waals surface area (Å²) in [5, 5.41) is 6.72. The van der Waals surface area contributed by atoms with Crippen LogP contribution in [0.5, 0.6) is 0 Å². The zero-order valence-electron chi connectivity index (χ0n) is 13.1. The highest BCUT2D eigenvalue weighted by atomic mass is 16.5. The second kappa shape index (κ2) is 7.70. The average Bonchev–Trinajstić information content (AvgIpc) is 2.79. The van der Waals surface area contributed by atoms with E-state index in [0.717, 1.165) is 25.0 Å². The Morgan fingerprint density at radius 1 is 1.42 bits per heavy atom. The van der Waals surface area contributed by atoms with Crippen molar-refractivity contribution in [3.8, 4) is 0 Å². The molecular formula is C14H30N4O. The van der Waals surface area contributed by atoms with E-state index in [1.165, 1.54) is 19.5 Å². The van der Waals surface area contributed by atoms with Gasteiger partial charge in [0.05, 0.1) is 12.1 Å². The first kappa shape index (κ1) is 16.2. The summed E-state index contributed by atoms with van der Waals surface area (Å²) >= 11 is 0. The van der Waals surface area contributed by atoms with Crippen molar-refractivity contribution in [3.05, 3.63) is 0 Å². The molecule has 19 heavy (non-hydrogen) atoms. The summed E-state index contributed by atoms with van der Waals surface area (Å²) in [6.45, 7) is 11.1. The van der Waals surface area contributed by atoms with Gasteiger partial charge in [-0.2, -0.15) is 0 Å². The highest BCUT2D eigenvalue weighted by Gasteiger charge is 2.20. The standard InChI is InChI=1S/C14H30N4O/c1-6-15-13(17-11-14(2,3)19-5)16-9-12-7-8-18(4)10-12/h12H,6-11H2,1-5H3,(H2,15,16,17). The Morgan fingerprint density at radius 2 is 2.16 bits per heavy atom. The van der Waals surface area contributed by atoms with Crippen molar-refractivity contribution in [2.24, 2.45) is 10.9 Å². The second-order valence-electron chi connectivity index (χ2n) is 5.96. The van der Waals surface area contributed by atoms with Gasteiger partial charge in [-0.05, 0) is 46.7 Å². The number of likely N-dealkylation sites (tertiary alicyclic amines) is 1. The molecule has 1 fully saturated rings. The van der Waals surface area contributed by atoms with E-state index < -0.39 is 0 Å². The van der Waals surface area contributed by atoms with Crippen LogP contribution in [0.4, 0.5) is 0 Å². The van der Waals surface area contributed by atoms with E-state index in [-0.39, 0.29) is 5.60 Å². The lowest BCUT2D eigenvalue weighted by Crippen LogP contribution is -2.41. The number of nitrogens with zero attached hydrogens (tertiary/aromatic N) is 2. The van der Waals surface area contributed by atoms with E-state index in [0.29, 0.717) is 6.54 Å². The molecule has 1 atom stereocenters. The maximum absolute atomic E-state index is 5.39. The maximum Gasteiger partial charge on any atom is 0.191 e. The van der Waals surface area contributed by atoms with Crippen LogP contribution in [0.1, 0.15) is 27.2 Å². The fourth-order valence-corrected chi connectivity index (χ4v) is 2.11. The van der Waals surface area contributed by atoms with Gasteiger partial charge in [0.1, 0.15) is 0 Å². The quantitative estimate of drug-likeness (QED) is 0.556. The largest absolute Gasteiger partial charge is 0.377 e. The summed E-state index contributed by atoms with van der Waals surface area (Å²) in [6, 6.07) is 0. The highest BCUT2D eigenvalue weighted by Crippen LogP contribution is 2.12. The smallest absolute Gasteiger partial charge is 0.191 e. The number of hydrogen-bond donors (Lipinski definition) is 2. The van der Waals surface area contributed by atoms with Crippen molar-refractivity contribution in [2.75, 3.05) is 46.9 Å². The molecule has 0 spiro atoms. The monoisotopic (exact) mass is 270 g/mol. The number of aliphatic imine (C=N–C) groups is 1. The lowest BCUT2D eigenvalue weighted by Gasteiger charge is -2.21.